The van der Waals surface area contributed by atoms with E-state index < -0.39 is 10.0 Å². The van der Waals surface area contributed by atoms with E-state index in [1.807, 2.05) is 0 Å². The fraction of sp³-hybridized carbons (Fsp3) is 0.300. The van der Waals surface area contributed by atoms with Gasteiger partial charge in [-0.05, 0) is 36.8 Å². The van der Waals surface area contributed by atoms with Crippen LogP contribution in [0.25, 0.3) is 0 Å². The van der Waals surface area contributed by atoms with Gasteiger partial charge in [0.15, 0.2) is 0 Å². The Labute approximate surface area is 180 Å². The van der Waals surface area contributed by atoms with Crippen LogP contribution in [-0.4, -0.2) is 46.2 Å². The highest BCUT2D eigenvalue weighted by atomic mass is 32.2. The Morgan fingerprint density at radius 2 is 1.80 bits per heavy atom. The predicted octanol–water partition coefficient (Wildman–Crippen LogP) is 1.68. The van der Waals surface area contributed by atoms with Crippen molar-refractivity contribution in [3.05, 3.63) is 59.7 Å². The molecule has 0 aliphatic carbocycles. The molecule has 4 N–H and O–H groups in total. The number of hydrogen-bond acceptors (Lipinski definition) is 6. The van der Waals surface area contributed by atoms with Gasteiger partial charge in [0.25, 0.3) is 5.91 Å². The van der Waals surface area contributed by atoms with Crippen LogP contribution in [0.1, 0.15) is 28.9 Å². The van der Waals surface area contributed by atoms with Crippen LogP contribution in [0.3, 0.4) is 0 Å². The summed E-state index contributed by atoms with van der Waals surface area (Å²) in [4.78, 5) is 25.4. The lowest BCUT2D eigenvalue weighted by molar-refractivity contribution is -0.118. The van der Waals surface area contributed by atoms with E-state index in [1.165, 1.54) is 23.9 Å². The molecule has 1 atom stereocenters. The van der Waals surface area contributed by atoms with Crippen molar-refractivity contribution in [2.75, 3.05) is 26.0 Å². The summed E-state index contributed by atoms with van der Waals surface area (Å²) < 4.78 is 27.6. The van der Waals surface area contributed by atoms with Crippen molar-refractivity contribution in [3.63, 3.8) is 0 Å². The molecule has 0 aromatic heterocycles. The number of carbonyl (C=O) groups excluding carboxylic acids is 2. The molecule has 2 rings (SSSR count). The van der Waals surface area contributed by atoms with Gasteiger partial charge in [-0.1, -0.05) is 24.3 Å². The molecule has 2 amide bonds. The molecule has 10 heteroatoms. The van der Waals surface area contributed by atoms with Gasteiger partial charge < -0.3 is 15.4 Å². The molecule has 2 aromatic carbocycles. The normalized spacial score (nSPS) is 12.2. The van der Waals surface area contributed by atoms with E-state index in [0.717, 1.165) is 5.56 Å². The van der Waals surface area contributed by atoms with Crippen molar-refractivity contribution < 1.29 is 22.7 Å². The molecule has 0 fully saturated rings. The van der Waals surface area contributed by atoms with Gasteiger partial charge in [-0.25, -0.2) is 13.6 Å². The Kier molecular flexibility index (Phi) is 8.85. The number of amides is 2. The van der Waals surface area contributed by atoms with Crippen LogP contribution >= 0.6 is 11.8 Å². The first-order valence-corrected chi connectivity index (χ1v) is 11.7. The summed E-state index contributed by atoms with van der Waals surface area (Å²) in [5.41, 5.74) is 1.19. The lowest BCUT2D eigenvalue weighted by atomic mass is 10.1. The molecule has 162 valence electrons. The van der Waals surface area contributed by atoms with Crippen molar-refractivity contribution in [2.45, 2.75) is 22.8 Å². The number of ether oxygens (including phenoxy) is 1. The average Bonchev–Trinajstić information content (AvgIpc) is 2.72. The highest BCUT2D eigenvalue weighted by Gasteiger charge is 2.16. The second-order valence-electron chi connectivity index (χ2n) is 6.44. The minimum absolute atomic E-state index is 0.00954. The topological polar surface area (TPSA) is 128 Å². The third-order valence-corrected chi connectivity index (χ3v) is 6.18. The van der Waals surface area contributed by atoms with E-state index in [2.05, 4.69) is 10.6 Å². The lowest BCUT2D eigenvalue weighted by Gasteiger charge is -2.16. The summed E-state index contributed by atoms with van der Waals surface area (Å²) in [6.45, 7) is 2.66. The monoisotopic (exact) mass is 451 g/mol. The molecule has 30 heavy (non-hydrogen) atoms. The molecular weight excluding hydrogens is 426 g/mol. The lowest BCUT2D eigenvalue weighted by Crippen LogP contribution is -2.29. The SMILES string of the molecule is COCCNC(=O)CSc1ccccc1C(=O)N[C@H](C)c1ccc(S(N)(=O)=O)cc1. The predicted molar refractivity (Wildman–Crippen MR) is 116 cm³/mol. The Balaban J connectivity index is 2.02. The molecule has 0 saturated carbocycles. The van der Waals surface area contributed by atoms with Crippen LogP contribution in [0, 0.1) is 0 Å². The van der Waals surface area contributed by atoms with Gasteiger partial charge in [-0.3, -0.25) is 9.59 Å². The van der Waals surface area contributed by atoms with E-state index >= 15 is 0 Å². The summed E-state index contributed by atoms with van der Waals surface area (Å²) in [7, 11) is -2.21. The number of primary sulfonamides is 1. The van der Waals surface area contributed by atoms with Gasteiger partial charge in [0.05, 0.1) is 28.9 Å². The Morgan fingerprint density at radius 3 is 2.43 bits per heavy atom. The van der Waals surface area contributed by atoms with Gasteiger partial charge >= 0.3 is 0 Å². The van der Waals surface area contributed by atoms with E-state index in [0.29, 0.717) is 23.6 Å². The number of hydrogen-bond donors (Lipinski definition) is 3. The minimum Gasteiger partial charge on any atom is -0.383 e. The standard InChI is InChI=1S/C20H25N3O5S2/c1-14(15-7-9-16(10-8-15)30(21,26)27)23-20(25)17-5-3-4-6-18(17)29-13-19(24)22-11-12-28-2/h3-10,14H,11-13H2,1-2H3,(H,22,24)(H,23,25)(H2,21,26,27)/t14-/m1/s1. The highest BCUT2D eigenvalue weighted by molar-refractivity contribution is 8.00. The molecule has 0 bridgehead atoms. The number of benzene rings is 2. The van der Waals surface area contributed by atoms with E-state index in [-0.39, 0.29) is 28.5 Å². The number of nitrogens with one attached hydrogen (secondary N) is 2. The molecule has 0 heterocycles. The zero-order valence-corrected chi connectivity index (χ0v) is 18.4. The Hall–Kier alpha value is -2.40. The number of carbonyl (C=O) groups is 2. The first-order chi connectivity index (χ1) is 14.2. The van der Waals surface area contributed by atoms with E-state index in [4.69, 9.17) is 9.88 Å². The maximum atomic E-state index is 12.8. The largest absolute Gasteiger partial charge is 0.383 e. The minimum atomic E-state index is -3.77. The molecule has 0 aliphatic rings. The second kappa shape index (κ2) is 11.1. The van der Waals surface area contributed by atoms with Crippen molar-refractivity contribution in [3.8, 4) is 0 Å². The highest BCUT2D eigenvalue weighted by Crippen LogP contribution is 2.23. The maximum Gasteiger partial charge on any atom is 0.252 e. The van der Waals surface area contributed by atoms with Crippen LogP contribution in [-0.2, 0) is 19.6 Å². The number of rotatable bonds is 10. The molecule has 0 saturated heterocycles. The van der Waals surface area contributed by atoms with Gasteiger partial charge in [0, 0.05) is 18.6 Å². The molecule has 0 spiro atoms. The average molecular weight is 452 g/mol. The van der Waals surface area contributed by atoms with Gasteiger partial charge in [0.1, 0.15) is 0 Å². The molecule has 0 radical (unpaired) electrons. The molecule has 8 nitrogen and oxygen atoms in total. The summed E-state index contributed by atoms with van der Waals surface area (Å²) in [6, 6.07) is 12.7. The smallest absolute Gasteiger partial charge is 0.252 e. The Morgan fingerprint density at radius 1 is 1.13 bits per heavy atom. The fourth-order valence-corrected chi connectivity index (χ4v) is 3.97. The zero-order valence-electron chi connectivity index (χ0n) is 16.8. The number of thioether (sulfide) groups is 1. The van der Waals surface area contributed by atoms with Crippen molar-refractivity contribution in [1.29, 1.82) is 0 Å². The number of nitrogens with two attached hydrogens (primary N) is 1. The van der Waals surface area contributed by atoms with Crippen LogP contribution in [0.2, 0.25) is 0 Å². The van der Waals surface area contributed by atoms with Gasteiger partial charge in [-0.15, -0.1) is 11.8 Å². The van der Waals surface area contributed by atoms with Crippen LogP contribution in [0.5, 0.6) is 0 Å². The summed E-state index contributed by atoms with van der Waals surface area (Å²) >= 11 is 1.27. The van der Waals surface area contributed by atoms with Gasteiger partial charge in [-0.2, -0.15) is 0 Å². The van der Waals surface area contributed by atoms with Crippen LogP contribution in [0.15, 0.2) is 58.3 Å². The number of sulfonamides is 1. The molecule has 0 unspecified atom stereocenters. The van der Waals surface area contributed by atoms with Gasteiger partial charge in [0.2, 0.25) is 15.9 Å². The zero-order chi connectivity index (χ0) is 22.1. The van der Waals surface area contributed by atoms with E-state index in [9.17, 15) is 18.0 Å². The van der Waals surface area contributed by atoms with Crippen LogP contribution in [0.4, 0.5) is 0 Å². The molecule has 0 aliphatic heterocycles. The summed E-state index contributed by atoms with van der Waals surface area (Å²) in [5, 5.41) is 10.7. The quantitative estimate of drug-likeness (QED) is 0.372. The summed E-state index contributed by atoms with van der Waals surface area (Å²) in [6.07, 6.45) is 0. The third kappa shape index (κ3) is 7.13. The maximum absolute atomic E-state index is 12.8. The van der Waals surface area contributed by atoms with Crippen molar-refractivity contribution in [1.82, 2.24) is 10.6 Å². The first-order valence-electron chi connectivity index (χ1n) is 9.13. The number of methoxy groups -OCH3 is 1. The third-order valence-electron chi connectivity index (χ3n) is 4.18. The summed E-state index contributed by atoms with van der Waals surface area (Å²) in [5.74, 6) is -0.255. The fourth-order valence-electron chi connectivity index (χ4n) is 2.57. The first kappa shape index (κ1) is 23.9. The van der Waals surface area contributed by atoms with Crippen molar-refractivity contribution >= 4 is 33.6 Å². The Bertz CT molecular complexity index is 978. The van der Waals surface area contributed by atoms with E-state index in [1.54, 1.807) is 50.4 Å². The van der Waals surface area contributed by atoms with Crippen molar-refractivity contribution in [2.24, 2.45) is 5.14 Å². The van der Waals surface area contributed by atoms with Crippen LogP contribution < -0.4 is 15.8 Å². The second-order valence-corrected chi connectivity index (χ2v) is 9.02. The molecule has 2 aromatic rings. The molecular formula is C20H25N3O5S2.